The van der Waals surface area contributed by atoms with Crippen LogP contribution in [0.1, 0.15) is 10.5 Å². The molecule has 0 aliphatic heterocycles. The van der Waals surface area contributed by atoms with Crippen molar-refractivity contribution in [2.24, 2.45) is 0 Å². The molecular formula is C12H10N2O2S. The minimum Gasteiger partial charge on any atom is -0.476 e. The third-order valence-electron chi connectivity index (χ3n) is 2.26. The molecule has 0 saturated heterocycles. The van der Waals surface area contributed by atoms with Gasteiger partial charge in [0.25, 0.3) is 0 Å². The third-order valence-corrected chi connectivity index (χ3v) is 3.01. The molecule has 2 aromatic rings. The third kappa shape index (κ3) is 2.45. The van der Waals surface area contributed by atoms with Crippen LogP contribution < -0.4 is 0 Å². The number of nitrogens with zero attached hydrogens (tertiary/aromatic N) is 2. The fourth-order valence-electron chi connectivity index (χ4n) is 1.45. The lowest BCUT2D eigenvalue weighted by molar-refractivity contribution is 0.0691. The minimum atomic E-state index is -1.07. The van der Waals surface area contributed by atoms with Crippen molar-refractivity contribution < 1.29 is 9.90 Å². The smallest absolute Gasteiger partial charge is 0.356 e. The predicted octanol–water partition coefficient (Wildman–Crippen LogP) is 2.56. The van der Waals surface area contributed by atoms with Crippen molar-refractivity contribution in [3.05, 3.63) is 42.4 Å². The zero-order valence-electron chi connectivity index (χ0n) is 9.12. The van der Waals surface area contributed by atoms with Crippen LogP contribution in [0.25, 0.3) is 11.3 Å². The van der Waals surface area contributed by atoms with Crippen LogP contribution in [0.5, 0.6) is 0 Å². The van der Waals surface area contributed by atoms with Gasteiger partial charge in [0.15, 0.2) is 5.69 Å². The lowest BCUT2D eigenvalue weighted by Crippen LogP contribution is -2.04. The SMILES string of the molecule is CSc1ccc(-c2nccnc2C(=O)O)cc1. The Morgan fingerprint density at radius 2 is 1.82 bits per heavy atom. The van der Waals surface area contributed by atoms with Crippen molar-refractivity contribution in [1.82, 2.24) is 9.97 Å². The lowest BCUT2D eigenvalue weighted by atomic mass is 10.1. The largest absolute Gasteiger partial charge is 0.476 e. The predicted molar refractivity (Wildman–Crippen MR) is 66.2 cm³/mol. The van der Waals surface area contributed by atoms with Crippen LogP contribution in [0.3, 0.4) is 0 Å². The Hall–Kier alpha value is -1.88. The van der Waals surface area contributed by atoms with Crippen LogP contribution in [-0.2, 0) is 0 Å². The number of hydrogen-bond donors (Lipinski definition) is 1. The molecule has 5 heteroatoms. The van der Waals surface area contributed by atoms with E-state index in [0.717, 1.165) is 10.5 Å². The van der Waals surface area contributed by atoms with Crippen molar-refractivity contribution in [3.8, 4) is 11.3 Å². The van der Waals surface area contributed by atoms with E-state index in [1.165, 1.54) is 12.4 Å². The summed E-state index contributed by atoms with van der Waals surface area (Å²) in [6.45, 7) is 0. The second kappa shape index (κ2) is 4.97. The number of benzene rings is 1. The van der Waals surface area contributed by atoms with Gasteiger partial charge in [-0.3, -0.25) is 4.98 Å². The van der Waals surface area contributed by atoms with Crippen molar-refractivity contribution in [2.75, 3.05) is 6.26 Å². The molecule has 0 amide bonds. The normalized spacial score (nSPS) is 10.2. The molecule has 86 valence electrons. The van der Waals surface area contributed by atoms with E-state index in [1.54, 1.807) is 11.8 Å². The van der Waals surface area contributed by atoms with Gasteiger partial charge in [-0.05, 0) is 18.4 Å². The van der Waals surface area contributed by atoms with Crippen LogP contribution in [0.15, 0.2) is 41.6 Å². The molecule has 1 aromatic heterocycles. The van der Waals surface area contributed by atoms with Gasteiger partial charge < -0.3 is 5.11 Å². The minimum absolute atomic E-state index is 0.0237. The molecule has 4 nitrogen and oxygen atoms in total. The quantitative estimate of drug-likeness (QED) is 0.843. The summed E-state index contributed by atoms with van der Waals surface area (Å²) in [7, 11) is 0. The van der Waals surface area contributed by atoms with E-state index in [9.17, 15) is 4.79 Å². The van der Waals surface area contributed by atoms with E-state index in [1.807, 2.05) is 30.5 Å². The van der Waals surface area contributed by atoms with Gasteiger partial charge in [0, 0.05) is 22.9 Å². The molecule has 0 aliphatic rings. The van der Waals surface area contributed by atoms with E-state index < -0.39 is 5.97 Å². The molecule has 2 rings (SSSR count). The summed E-state index contributed by atoms with van der Waals surface area (Å²) < 4.78 is 0. The number of aromatic carboxylic acids is 1. The highest BCUT2D eigenvalue weighted by Crippen LogP contribution is 2.23. The summed E-state index contributed by atoms with van der Waals surface area (Å²) in [4.78, 5) is 20.0. The topological polar surface area (TPSA) is 63.1 Å². The van der Waals surface area contributed by atoms with Gasteiger partial charge in [0.2, 0.25) is 0 Å². The van der Waals surface area contributed by atoms with Crippen LogP contribution >= 0.6 is 11.8 Å². The Bertz CT molecular complexity index is 540. The fourth-order valence-corrected chi connectivity index (χ4v) is 1.86. The van der Waals surface area contributed by atoms with Crippen molar-refractivity contribution in [3.63, 3.8) is 0 Å². The highest BCUT2D eigenvalue weighted by atomic mass is 32.2. The summed E-state index contributed by atoms with van der Waals surface area (Å²) in [5.74, 6) is -1.07. The molecule has 0 atom stereocenters. The number of carboxylic acid groups (broad SMARTS) is 1. The van der Waals surface area contributed by atoms with Gasteiger partial charge in [-0.15, -0.1) is 11.8 Å². The number of thioether (sulfide) groups is 1. The maximum Gasteiger partial charge on any atom is 0.356 e. The van der Waals surface area contributed by atoms with Gasteiger partial charge in [-0.1, -0.05) is 12.1 Å². The fraction of sp³-hybridized carbons (Fsp3) is 0.0833. The molecule has 17 heavy (non-hydrogen) atoms. The first-order valence-corrected chi connectivity index (χ1v) is 6.13. The van der Waals surface area contributed by atoms with Gasteiger partial charge >= 0.3 is 5.97 Å². The summed E-state index contributed by atoms with van der Waals surface area (Å²) in [5.41, 5.74) is 1.13. The number of aromatic nitrogens is 2. The molecule has 0 fully saturated rings. The molecule has 0 unspecified atom stereocenters. The number of hydrogen-bond acceptors (Lipinski definition) is 4. The number of carbonyl (C=O) groups is 1. The first-order valence-electron chi connectivity index (χ1n) is 4.91. The molecule has 0 spiro atoms. The van der Waals surface area contributed by atoms with Gasteiger partial charge in [0.05, 0.1) is 0 Å². The van der Waals surface area contributed by atoms with Crippen LogP contribution in [0, 0.1) is 0 Å². The first kappa shape index (κ1) is 11.6. The Morgan fingerprint density at radius 3 is 2.41 bits per heavy atom. The standard InChI is InChI=1S/C12H10N2O2S/c1-17-9-4-2-8(3-5-9)10-11(12(15)16)14-7-6-13-10/h2-7H,1H3,(H,15,16). The number of carboxylic acids is 1. The Labute approximate surface area is 103 Å². The lowest BCUT2D eigenvalue weighted by Gasteiger charge is -2.04. The van der Waals surface area contributed by atoms with Crippen molar-refractivity contribution in [2.45, 2.75) is 4.90 Å². The monoisotopic (exact) mass is 246 g/mol. The number of rotatable bonds is 3. The molecule has 1 heterocycles. The Balaban J connectivity index is 2.48. The first-order chi connectivity index (χ1) is 8.22. The van der Waals surface area contributed by atoms with E-state index in [0.29, 0.717) is 5.69 Å². The molecular weight excluding hydrogens is 236 g/mol. The second-order valence-corrected chi connectivity index (χ2v) is 4.17. The summed E-state index contributed by atoms with van der Waals surface area (Å²) in [6.07, 6.45) is 4.85. The second-order valence-electron chi connectivity index (χ2n) is 3.29. The Morgan fingerprint density at radius 1 is 1.18 bits per heavy atom. The molecule has 0 saturated carbocycles. The average Bonchev–Trinajstić information content (AvgIpc) is 2.39. The highest BCUT2D eigenvalue weighted by molar-refractivity contribution is 7.98. The zero-order valence-corrected chi connectivity index (χ0v) is 9.94. The van der Waals surface area contributed by atoms with E-state index in [-0.39, 0.29) is 5.69 Å². The van der Waals surface area contributed by atoms with E-state index >= 15 is 0 Å². The summed E-state index contributed by atoms with van der Waals surface area (Å²) in [6, 6.07) is 7.56. The summed E-state index contributed by atoms with van der Waals surface area (Å²) >= 11 is 1.63. The van der Waals surface area contributed by atoms with Gasteiger partial charge in [0.1, 0.15) is 5.69 Å². The van der Waals surface area contributed by atoms with Crippen LogP contribution in [0.2, 0.25) is 0 Å². The Kier molecular flexibility index (Phi) is 3.39. The van der Waals surface area contributed by atoms with E-state index in [4.69, 9.17) is 5.11 Å². The zero-order chi connectivity index (χ0) is 12.3. The van der Waals surface area contributed by atoms with Gasteiger partial charge in [-0.25, -0.2) is 9.78 Å². The molecule has 0 radical (unpaired) electrons. The highest BCUT2D eigenvalue weighted by Gasteiger charge is 2.13. The maximum atomic E-state index is 11.0. The average molecular weight is 246 g/mol. The van der Waals surface area contributed by atoms with E-state index in [2.05, 4.69) is 9.97 Å². The van der Waals surface area contributed by atoms with Crippen LogP contribution in [-0.4, -0.2) is 27.3 Å². The molecule has 0 bridgehead atoms. The maximum absolute atomic E-state index is 11.0. The molecule has 1 aromatic carbocycles. The summed E-state index contributed by atoms with van der Waals surface area (Å²) in [5, 5.41) is 9.02. The molecule has 1 N–H and O–H groups in total. The van der Waals surface area contributed by atoms with Crippen molar-refractivity contribution in [1.29, 1.82) is 0 Å². The molecule has 0 aliphatic carbocycles. The van der Waals surface area contributed by atoms with Crippen LogP contribution in [0.4, 0.5) is 0 Å². The van der Waals surface area contributed by atoms with Gasteiger partial charge in [-0.2, -0.15) is 0 Å². The van der Waals surface area contributed by atoms with Crippen molar-refractivity contribution >= 4 is 17.7 Å².